The van der Waals surface area contributed by atoms with E-state index in [0.29, 0.717) is 11.3 Å². The van der Waals surface area contributed by atoms with Crippen molar-refractivity contribution in [1.82, 2.24) is 0 Å². The monoisotopic (exact) mass is 393 g/mol. The minimum absolute atomic E-state index is 0.197. The summed E-state index contributed by atoms with van der Waals surface area (Å²) in [4.78, 5) is 49.5. The van der Waals surface area contributed by atoms with Crippen molar-refractivity contribution in [3.63, 3.8) is 0 Å². The standard InChI is InChI=1S/C23H23NO5/c1-13-11-19(16(4)15(3)14(13)2)20(25)12-29-23(28)17-5-7-18(8-6-17)24-21(26)9-10-22(24)27/h5-8,11H,9-10,12H2,1-4H3. The summed E-state index contributed by atoms with van der Waals surface area (Å²) in [5, 5.41) is 0. The van der Waals surface area contributed by atoms with Crippen LogP contribution in [0.2, 0.25) is 0 Å². The molecule has 150 valence electrons. The first kappa shape index (κ1) is 20.5. The van der Waals surface area contributed by atoms with E-state index in [2.05, 4.69) is 0 Å². The minimum atomic E-state index is -0.637. The largest absolute Gasteiger partial charge is 0.454 e. The van der Waals surface area contributed by atoms with Gasteiger partial charge in [0.2, 0.25) is 17.6 Å². The third-order valence-corrected chi connectivity index (χ3v) is 5.53. The molecule has 0 unspecified atom stereocenters. The molecule has 2 aromatic rings. The van der Waals surface area contributed by atoms with Gasteiger partial charge in [-0.1, -0.05) is 0 Å². The molecule has 0 radical (unpaired) electrons. The highest BCUT2D eigenvalue weighted by Crippen LogP contribution is 2.24. The Hall–Kier alpha value is -3.28. The molecule has 0 spiro atoms. The van der Waals surface area contributed by atoms with E-state index in [1.165, 1.54) is 24.3 Å². The summed E-state index contributed by atoms with van der Waals surface area (Å²) >= 11 is 0. The number of ketones is 1. The summed E-state index contributed by atoms with van der Waals surface area (Å²) < 4.78 is 5.18. The molecule has 0 bridgehead atoms. The van der Waals surface area contributed by atoms with Gasteiger partial charge in [-0.2, -0.15) is 0 Å². The van der Waals surface area contributed by atoms with Gasteiger partial charge < -0.3 is 4.74 Å². The molecule has 2 aromatic carbocycles. The van der Waals surface area contributed by atoms with Crippen LogP contribution in [0.5, 0.6) is 0 Å². The summed E-state index contributed by atoms with van der Waals surface area (Å²) in [7, 11) is 0. The summed E-state index contributed by atoms with van der Waals surface area (Å²) in [6.07, 6.45) is 0.393. The molecule has 1 fully saturated rings. The van der Waals surface area contributed by atoms with Crippen molar-refractivity contribution >= 4 is 29.3 Å². The highest BCUT2D eigenvalue weighted by Gasteiger charge is 2.30. The van der Waals surface area contributed by atoms with E-state index >= 15 is 0 Å². The molecule has 1 saturated heterocycles. The first-order valence-corrected chi connectivity index (χ1v) is 9.44. The molecule has 0 aromatic heterocycles. The Morgan fingerprint density at radius 2 is 1.48 bits per heavy atom. The molecule has 2 amide bonds. The molecular formula is C23H23NO5. The Balaban J connectivity index is 1.68. The smallest absolute Gasteiger partial charge is 0.338 e. The zero-order valence-corrected chi connectivity index (χ0v) is 17.0. The lowest BCUT2D eigenvalue weighted by Crippen LogP contribution is -2.28. The number of amides is 2. The summed E-state index contributed by atoms with van der Waals surface area (Å²) in [6, 6.07) is 7.83. The number of benzene rings is 2. The zero-order chi connectivity index (χ0) is 21.3. The van der Waals surface area contributed by atoms with Gasteiger partial charge in [-0.05, 0) is 80.3 Å². The molecule has 6 nitrogen and oxygen atoms in total. The predicted octanol–water partition coefficient (Wildman–Crippen LogP) is 3.61. The second kappa shape index (κ2) is 7.99. The maximum Gasteiger partial charge on any atom is 0.338 e. The van der Waals surface area contributed by atoms with Crippen LogP contribution in [0.1, 0.15) is 55.8 Å². The van der Waals surface area contributed by atoms with E-state index in [-0.39, 0.29) is 42.6 Å². The lowest BCUT2D eigenvalue weighted by molar-refractivity contribution is -0.121. The number of Topliss-reactive ketones (excluding diaryl/α,β-unsaturated/α-hetero) is 1. The number of carbonyl (C=O) groups excluding carboxylic acids is 4. The van der Waals surface area contributed by atoms with Gasteiger partial charge in [-0.25, -0.2) is 4.79 Å². The summed E-state index contributed by atoms with van der Waals surface area (Å²) in [5.74, 6) is -1.40. The topological polar surface area (TPSA) is 80.8 Å². The van der Waals surface area contributed by atoms with E-state index in [9.17, 15) is 19.2 Å². The normalized spacial score (nSPS) is 13.7. The average Bonchev–Trinajstić information content (AvgIpc) is 3.05. The van der Waals surface area contributed by atoms with Gasteiger partial charge in [0.25, 0.3) is 0 Å². The Morgan fingerprint density at radius 3 is 2.07 bits per heavy atom. The molecule has 3 rings (SSSR count). The maximum absolute atomic E-state index is 12.6. The fraction of sp³-hybridized carbons (Fsp3) is 0.304. The number of carbonyl (C=O) groups is 4. The Kier molecular flexibility index (Phi) is 5.64. The van der Waals surface area contributed by atoms with Crippen molar-refractivity contribution in [1.29, 1.82) is 0 Å². The lowest BCUT2D eigenvalue weighted by atomic mass is 9.93. The van der Waals surface area contributed by atoms with Crippen LogP contribution in [0.25, 0.3) is 0 Å². The average molecular weight is 393 g/mol. The van der Waals surface area contributed by atoms with Crippen molar-refractivity contribution in [2.24, 2.45) is 0 Å². The number of nitrogens with zero attached hydrogens (tertiary/aromatic N) is 1. The van der Waals surface area contributed by atoms with Gasteiger partial charge in [0.1, 0.15) is 0 Å². The van der Waals surface area contributed by atoms with Crippen molar-refractivity contribution in [3.8, 4) is 0 Å². The molecule has 0 aliphatic carbocycles. The van der Waals surface area contributed by atoms with E-state index in [4.69, 9.17) is 4.74 Å². The number of hydrogen-bond acceptors (Lipinski definition) is 5. The van der Waals surface area contributed by atoms with Crippen molar-refractivity contribution < 1.29 is 23.9 Å². The van der Waals surface area contributed by atoms with Crippen LogP contribution in [-0.4, -0.2) is 30.2 Å². The number of esters is 1. The second-order valence-corrected chi connectivity index (χ2v) is 7.29. The zero-order valence-electron chi connectivity index (χ0n) is 17.0. The van der Waals surface area contributed by atoms with Crippen molar-refractivity contribution in [2.75, 3.05) is 11.5 Å². The lowest BCUT2D eigenvalue weighted by Gasteiger charge is -2.14. The van der Waals surface area contributed by atoms with Crippen LogP contribution in [0.4, 0.5) is 5.69 Å². The third-order valence-electron chi connectivity index (χ3n) is 5.53. The van der Waals surface area contributed by atoms with Gasteiger partial charge in [0.15, 0.2) is 6.61 Å². The number of imide groups is 1. The number of rotatable bonds is 5. The van der Waals surface area contributed by atoms with Crippen LogP contribution < -0.4 is 4.90 Å². The van der Waals surface area contributed by atoms with E-state index < -0.39 is 5.97 Å². The molecule has 0 atom stereocenters. The highest BCUT2D eigenvalue weighted by atomic mass is 16.5. The highest BCUT2D eigenvalue weighted by molar-refractivity contribution is 6.19. The molecule has 1 heterocycles. The maximum atomic E-state index is 12.6. The predicted molar refractivity (Wildman–Crippen MR) is 108 cm³/mol. The molecule has 6 heteroatoms. The molecule has 0 saturated carbocycles. The minimum Gasteiger partial charge on any atom is -0.454 e. The van der Waals surface area contributed by atoms with Gasteiger partial charge in [0.05, 0.1) is 11.3 Å². The van der Waals surface area contributed by atoms with Crippen molar-refractivity contribution in [3.05, 3.63) is 63.7 Å². The first-order chi connectivity index (χ1) is 13.7. The van der Waals surface area contributed by atoms with Crippen LogP contribution in [-0.2, 0) is 14.3 Å². The number of hydrogen-bond donors (Lipinski definition) is 0. The van der Waals surface area contributed by atoms with E-state index in [1.54, 1.807) is 0 Å². The van der Waals surface area contributed by atoms with E-state index in [1.807, 2.05) is 33.8 Å². The van der Waals surface area contributed by atoms with Crippen LogP contribution in [0, 0.1) is 27.7 Å². The van der Waals surface area contributed by atoms with Crippen LogP contribution in [0.3, 0.4) is 0 Å². The fourth-order valence-corrected chi connectivity index (χ4v) is 3.40. The van der Waals surface area contributed by atoms with Gasteiger partial charge >= 0.3 is 5.97 Å². The Labute approximate surface area is 169 Å². The molecule has 1 aliphatic heterocycles. The third kappa shape index (κ3) is 3.97. The van der Waals surface area contributed by atoms with Crippen molar-refractivity contribution in [2.45, 2.75) is 40.5 Å². The van der Waals surface area contributed by atoms with Crippen LogP contribution in [0.15, 0.2) is 30.3 Å². The summed E-state index contributed by atoms with van der Waals surface area (Å²) in [6.45, 7) is 7.46. The molecule has 29 heavy (non-hydrogen) atoms. The van der Waals surface area contributed by atoms with E-state index in [0.717, 1.165) is 27.2 Å². The Bertz CT molecular complexity index is 1000. The molecule has 1 aliphatic rings. The number of anilines is 1. The number of aryl methyl sites for hydroxylation is 1. The molecule has 0 N–H and O–H groups in total. The fourth-order valence-electron chi connectivity index (χ4n) is 3.40. The van der Waals surface area contributed by atoms with Gasteiger partial charge in [-0.15, -0.1) is 0 Å². The summed E-state index contributed by atoms with van der Waals surface area (Å²) in [5.41, 5.74) is 5.33. The first-order valence-electron chi connectivity index (χ1n) is 9.44. The van der Waals surface area contributed by atoms with Gasteiger partial charge in [-0.3, -0.25) is 19.3 Å². The quantitative estimate of drug-likeness (QED) is 0.440. The van der Waals surface area contributed by atoms with Gasteiger partial charge in [0, 0.05) is 18.4 Å². The Morgan fingerprint density at radius 1 is 0.897 bits per heavy atom. The number of ether oxygens (including phenoxy) is 1. The molecular weight excluding hydrogens is 370 g/mol. The SMILES string of the molecule is Cc1cc(C(=O)COC(=O)c2ccc(N3C(=O)CCC3=O)cc2)c(C)c(C)c1C. The van der Waals surface area contributed by atoms with Crippen LogP contribution >= 0.6 is 0 Å². The second-order valence-electron chi connectivity index (χ2n) is 7.29.